The van der Waals surface area contributed by atoms with Crippen LogP contribution < -0.4 is 26.8 Å². The number of amides is 3. The van der Waals surface area contributed by atoms with E-state index in [-0.39, 0.29) is 43.8 Å². The molecule has 3 fully saturated rings. The summed E-state index contributed by atoms with van der Waals surface area (Å²) in [6.45, 7) is 17.5. The molecule has 3 aliphatic rings. The Kier molecular flexibility index (Phi) is 20.5. The van der Waals surface area contributed by atoms with Crippen LogP contribution in [0.15, 0.2) is 43.0 Å². The number of carbonyl (C=O) groups excluding carboxylic acids is 7. The number of rotatable bonds is 18. The number of aliphatic hydroxyl groups is 2. The van der Waals surface area contributed by atoms with Crippen LogP contribution in [0.3, 0.4) is 0 Å². The van der Waals surface area contributed by atoms with Gasteiger partial charge in [0.05, 0.1) is 30.6 Å². The molecule has 1 aromatic carbocycles. The van der Waals surface area contributed by atoms with Gasteiger partial charge in [-0.05, 0) is 70.7 Å². The number of Topliss-reactive ketones (excluding diaryl/α,β-unsaturated/α-hetero) is 1. The maximum atomic E-state index is 13.9. The number of nitrogens with zero attached hydrogens (tertiary/aromatic N) is 1. The van der Waals surface area contributed by atoms with E-state index in [0.717, 1.165) is 0 Å². The summed E-state index contributed by atoms with van der Waals surface area (Å²) >= 11 is 0. The molecule has 0 radical (unpaired) electrons. The molecule has 9 N–H and O–H groups in total. The second-order valence-electron chi connectivity index (χ2n) is 19.6. The van der Waals surface area contributed by atoms with Crippen molar-refractivity contribution in [2.45, 2.75) is 154 Å². The third-order valence-corrected chi connectivity index (χ3v) is 13.3. The highest BCUT2D eigenvalue weighted by molar-refractivity contribution is 5.94. The molecule has 1 heterocycles. The monoisotopic (exact) mass is 981 g/mol. The predicted molar refractivity (Wildman–Crippen MR) is 249 cm³/mol. The largest absolute Gasteiger partial charge is 0.481 e. The first kappa shape index (κ1) is 59.1. The summed E-state index contributed by atoms with van der Waals surface area (Å²) < 4.78 is 23.5. The fourth-order valence-electron chi connectivity index (χ4n) is 9.80. The Morgan fingerprint density at radius 1 is 0.985 bits per heavy atom. The van der Waals surface area contributed by atoms with Gasteiger partial charge in [-0.3, -0.25) is 33.6 Å². The van der Waals surface area contributed by atoms with E-state index in [0.29, 0.717) is 19.4 Å². The quantitative estimate of drug-likeness (QED) is 0.0626. The molecule has 0 aromatic heterocycles. The first-order valence-electron chi connectivity index (χ1n) is 22.3. The number of halogens is 1. The number of para-hydroxylation sites is 1. The topological polar surface area (TPSA) is 314 Å². The second kappa shape index (κ2) is 23.5. The Hall–Kier alpha value is -4.99. The van der Waals surface area contributed by atoms with Crippen molar-refractivity contribution in [2.75, 3.05) is 20.6 Å². The Labute approximate surface area is 404 Å². The summed E-state index contributed by atoms with van der Waals surface area (Å²) in [5.74, 6) is -7.02. The number of aliphatic carboxylic acids is 1. The van der Waals surface area contributed by atoms with Gasteiger partial charge < -0.3 is 61.3 Å². The predicted octanol–water partition coefficient (Wildman–Crippen LogP) is 1.73. The van der Waals surface area contributed by atoms with Crippen LogP contribution in [-0.2, 0) is 52.6 Å². The molecule has 4 rings (SSSR count). The number of ketones is 1. The third kappa shape index (κ3) is 13.2. The Balaban J connectivity index is 0.000000466. The van der Waals surface area contributed by atoms with Gasteiger partial charge in [0.2, 0.25) is 17.7 Å². The maximum absolute atomic E-state index is 13.9. The molecule has 2 aliphatic carbocycles. The number of hydrogen-bond donors (Lipinski definition) is 7. The van der Waals surface area contributed by atoms with Crippen LogP contribution in [0.1, 0.15) is 100 Å². The number of benzene rings is 1. The van der Waals surface area contributed by atoms with Crippen molar-refractivity contribution in [3.05, 3.63) is 43.0 Å². The third-order valence-electron chi connectivity index (χ3n) is 13.3. The maximum Gasteiger partial charge on any atom is 0.334 e. The number of fused-ring (bicyclic) bond motifs is 3. The molecule has 382 valence electrons. The number of carbonyl (C=O) groups is 8. The first-order valence-corrected chi connectivity index (χ1v) is 22.3. The van der Waals surface area contributed by atoms with Gasteiger partial charge in [-0.1, -0.05) is 58.9 Å². The molecule has 0 bridgehead atoms. The SMILES string of the molecule is C=C[C@@]1(C)CC(=O)[C@]2(O)[C@@]3(C)[C@@H](O)CCC(C)(C)[C@@H]3[C@H](OC(=O)CCN(C)C)[C@H](OC(C)=O)[C@@]2(C)O1.CC(C)[C@H](NC(=O)[C@@H](N)CCC(N)=O)C(=O)N[C@@H](CC(=O)O)C(=O)Oc1ccccc1.Cl. The molecule has 3 amide bonds. The summed E-state index contributed by atoms with van der Waals surface area (Å²) in [6.07, 6.45) is -2.00. The van der Waals surface area contributed by atoms with Crippen molar-refractivity contribution in [3.63, 3.8) is 0 Å². The van der Waals surface area contributed by atoms with Crippen LogP contribution in [-0.4, -0.2) is 141 Å². The number of nitrogens with one attached hydrogen (secondary N) is 2. The minimum atomic E-state index is -2.24. The van der Waals surface area contributed by atoms with Gasteiger partial charge >= 0.3 is 23.9 Å². The molecule has 20 nitrogen and oxygen atoms in total. The van der Waals surface area contributed by atoms with E-state index in [1.165, 1.54) is 32.1 Å². The standard InChI is InChI=1S/C27H43NO8.C20H28N4O7.ClH/c1-10-24(5)15-18(31)27(33)25(6)17(30)11-13-23(3,4)21(25)20(35-19(32)12-14-28(8)9)22(34-16(2)29)26(27,7)36-24;1-11(2)17(24-18(28)13(21)8-9-15(22)25)19(29)23-14(10-16(26)27)20(30)31-12-6-4-3-5-7-12;/h10,17,20-22,30,33H,1,11-15H2,2-9H3;3-7,11,13-14,17H,8-10,21H2,1-2H3,(H2,22,25)(H,23,29)(H,24,28)(H,26,27);1H/t17-,20-,21-,22-,24-,25-,26+,27-;13-,14-,17-;/m00./s1. The number of ether oxygens (including phenoxy) is 4. The molecule has 0 spiro atoms. The van der Waals surface area contributed by atoms with Gasteiger partial charge in [0, 0.05) is 37.6 Å². The molecule has 0 unspecified atom stereocenters. The molecule has 21 heteroatoms. The van der Waals surface area contributed by atoms with Crippen molar-refractivity contribution in [1.29, 1.82) is 0 Å². The van der Waals surface area contributed by atoms with Crippen LogP contribution >= 0.6 is 12.4 Å². The molecular formula is C47H72ClN5O15. The number of aliphatic hydroxyl groups excluding tert-OH is 1. The van der Waals surface area contributed by atoms with Gasteiger partial charge in [-0.25, -0.2) is 4.79 Å². The van der Waals surface area contributed by atoms with E-state index < -0.39 is 130 Å². The summed E-state index contributed by atoms with van der Waals surface area (Å²) in [6, 6.07) is 4.31. The number of carboxylic acids is 1. The van der Waals surface area contributed by atoms with Crippen molar-refractivity contribution >= 4 is 59.8 Å². The van der Waals surface area contributed by atoms with E-state index in [9.17, 15) is 48.6 Å². The van der Waals surface area contributed by atoms with E-state index in [1.54, 1.807) is 45.9 Å². The minimum absolute atomic E-state index is 0. The summed E-state index contributed by atoms with van der Waals surface area (Å²) in [5, 5.41) is 37.9. The van der Waals surface area contributed by atoms with Gasteiger partial charge in [-0.15, -0.1) is 19.0 Å². The molecule has 68 heavy (non-hydrogen) atoms. The Morgan fingerprint density at radius 2 is 1.59 bits per heavy atom. The van der Waals surface area contributed by atoms with E-state index >= 15 is 0 Å². The molecule has 1 saturated heterocycles. The highest BCUT2D eigenvalue weighted by atomic mass is 35.5. The van der Waals surface area contributed by atoms with Gasteiger partial charge in [0.25, 0.3) is 0 Å². The van der Waals surface area contributed by atoms with Gasteiger partial charge in [-0.2, -0.15) is 0 Å². The lowest BCUT2D eigenvalue weighted by Crippen LogP contribution is -2.87. The van der Waals surface area contributed by atoms with Gasteiger partial charge in [0.1, 0.15) is 29.5 Å². The van der Waals surface area contributed by atoms with E-state index in [4.69, 9.17) is 35.5 Å². The van der Waals surface area contributed by atoms with Crippen molar-refractivity contribution in [3.8, 4) is 5.75 Å². The highest BCUT2D eigenvalue weighted by Crippen LogP contribution is 2.67. The first-order chi connectivity index (χ1) is 30.9. The molecule has 1 aromatic rings. The van der Waals surface area contributed by atoms with Crippen molar-refractivity contribution < 1.29 is 72.6 Å². The van der Waals surface area contributed by atoms with Gasteiger partial charge in [0.15, 0.2) is 17.5 Å². The molecule has 2 saturated carbocycles. The van der Waals surface area contributed by atoms with E-state index in [2.05, 4.69) is 17.2 Å². The van der Waals surface area contributed by atoms with Crippen LogP contribution in [0, 0.1) is 22.7 Å². The fourth-order valence-corrected chi connectivity index (χ4v) is 9.80. The highest BCUT2D eigenvalue weighted by Gasteiger charge is 2.82. The summed E-state index contributed by atoms with van der Waals surface area (Å²) in [4.78, 5) is 101. The zero-order valence-corrected chi connectivity index (χ0v) is 41.5. The summed E-state index contributed by atoms with van der Waals surface area (Å²) in [7, 11) is 3.68. The normalized spacial score (nSPS) is 29.4. The van der Waals surface area contributed by atoms with Crippen LogP contribution in [0.4, 0.5) is 0 Å². The Morgan fingerprint density at radius 3 is 2.10 bits per heavy atom. The van der Waals surface area contributed by atoms with Crippen LogP contribution in [0.2, 0.25) is 0 Å². The van der Waals surface area contributed by atoms with Crippen molar-refractivity contribution in [2.24, 2.45) is 34.1 Å². The Bertz CT molecular complexity index is 2020. The van der Waals surface area contributed by atoms with Crippen LogP contribution in [0.25, 0.3) is 0 Å². The number of nitrogens with two attached hydrogens (primary N) is 2. The minimum Gasteiger partial charge on any atom is -0.481 e. The average Bonchev–Trinajstić information content (AvgIpc) is 3.22. The van der Waals surface area contributed by atoms with Crippen molar-refractivity contribution in [1.82, 2.24) is 15.5 Å². The smallest absolute Gasteiger partial charge is 0.334 e. The zero-order valence-electron chi connectivity index (χ0n) is 40.7. The lowest BCUT2D eigenvalue weighted by molar-refractivity contribution is -0.371. The lowest BCUT2D eigenvalue weighted by atomic mass is 9.39. The number of primary amides is 1. The number of carboxylic acid groups (broad SMARTS) is 1. The molecule has 1 aliphatic heterocycles. The molecular weight excluding hydrogens is 910 g/mol. The van der Waals surface area contributed by atoms with E-state index in [1.807, 2.05) is 32.8 Å². The summed E-state index contributed by atoms with van der Waals surface area (Å²) in [5.41, 5.74) is 3.44. The average molecular weight is 983 g/mol. The number of esters is 3. The molecule has 11 atom stereocenters. The lowest BCUT2D eigenvalue weighted by Gasteiger charge is -2.71. The van der Waals surface area contributed by atoms with Crippen LogP contribution in [0.5, 0.6) is 5.75 Å². The zero-order chi connectivity index (χ0) is 51.0. The fraction of sp³-hybridized carbons (Fsp3) is 0.660. The number of hydrogen-bond acceptors (Lipinski definition) is 16. The second-order valence-corrected chi connectivity index (χ2v) is 19.6.